The fourth-order valence-corrected chi connectivity index (χ4v) is 1.81. The van der Waals surface area contributed by atoms with Crippen LogP contribution in [0.2, 0.25) is 0 Å². The Labute approximate surface area is 88.6 Å². The second kappa shape index (κ2) is 4.93. The van der Waals surface area contributed by atoms with Crippen LogP contribution in [0.5, 0.6) is 0 Å². The zero-order valence-corrected chi connectivity index (χ0v) is 8.62. The van der Waals surface area contributed by atoms with Crippen LogP contribution >= 0.6 is 0 Å². The maximum atomic E-state index is 11.5. The molecule has 1 saturated heterocycles. The van der Waals surface area contributed by atoms with Gasteiger partial charge >= 0.3 is 0 Å². The molecule has 0 aromatic carbocycles. The average Bonchev–Trinajstić information content (AvgIpc) is 2.81. The van der Waals surface area contributed by atoms with Crippen molar-refractivity contribution in [3.63, 3.8) is 0 Å². The Hall–Kier alpha value is -1.36. The highest BCUT2D eigenvalue weighted by molar-refractivity contribution is 5.92. The minimum absolute atomic E-state index is 0.0712. The molecule has 0 saturated carbocycles. The largest absolute Gasteiger partial charge is 0.350 e. The van der Waals surface area contributed by atoms with E-state index >= 15 is 0 Å². The Bertz CT molecular complexity index is 303. The van der Waals surface area contributed by atoms with Gasteiger partial charge in [-0.1, -0.05) is 0 Å². The Morgan fingerprint density at radius 2 is 2.60 bits per heavy atom. The Balaban J connectivity index is 1.75. The summed E-state index contributed by atoms with van der Waals surface area (Å²) in [6.45, 7) is 2.85. The highest BCUT2D eigenvalue weighted by Gasteiger charge is 2.14. The van der Waals surface area contributed by atoms with Gasteiger partial charge in [0.15, 0.2) is 0 Å². The van der Waals surface area contributed by atoms with Gasteiger partial charge in [-0.05, 0) is 37.9 Å². The van der Waals surface area contributed by atoms with Crippen LogP contribution in [-0.4, -0.2) is 35.7 Å². The molecule has 3 N–H and O–H groups in total. The summed E-state index contributed by atoms with van der Waals surface area (Å²) in [6, 6.07) is 1.68. The molecule has 1 unspecified atom stereocenters. The number of hydrogen-bond acceptors (Lipinski definition) is 3. The molecule has 1 aliphatic rings. The Kier molecular flexibility index (Phi) is 3.34. The third-order valence-electron chi connectivity index (χ3n) is 2.70. The average molecular weight is 208 g/mol. The van der Waals surface area contributed by atoms with Gasteiger partial charge in [0, 0.05) is 12.7 Å². The molecule has 82 valence electrons. The van der Waals surface area contributed by atoms with Gasteiger partial charge in [-0.2, -0.15) is 5.10 Å². The lowest BCUT2D eigenvalue weighted by atomic mass is 10.00. The summed E-state index contributed by atoms with van der Waals surface area (Å²) in [7, 11) is 0. The van der Waals surface area contributed by atoms with Crippen molar-refractivity contribution < 1.29 is 4.79 Å². The first-order chi connectivity index (χ1) is 7.36. The first kappa shape index (κ1) is 10.2. The molecular weight excluding hydrogens is 192 g/mol. The number of nitrogens with one attached hydrogen (secondary N) is 3. The van der Waals surface area contributed by atoms with E-state index in [1.807, 2.05) is 0 Å². The topological polar surface area (TPSA) is 69.8 Å². The zero-order valence-electron chi connectivity index (χ0n) is 8.62. The summed E-state index contributed by atoms with van der Waals surface area (Å²) in [5.41, 5.74) is 0.527. The first-order valence-corrected chi connectivity index (χ1v) is 5.34. The number of H-pyrrole nitrogens is 1. The van der Waals surface area contributed by atoms with Gasteiger partial charge in [0.2, 0.25) is 0 Å². The number of rotatable bonds is 3. The summed E-state index contributed by atoms with van der Waals surface area (Å²) in [5.74, 6) is 0.490. The molecule has 1 aromatic heterocycles. The van der Waals surface area contributed by atoms with Crippen LogP contribution in [0.1, 0.15) is 23.3 Å². The molecule has 0 bridgehead atoms. The van der Waals surface area contributed by atoms with E-state index in [4.69, 9.17) is 0 Å². The standard InChI is InChI=1S/C10H16N4O/c15-10(9-3-5-13-14-9)12-7-8-2-1-4-11-6-8/h3,5,8,11H,1-2,4,6-7H2,(H,12,15)(H,13,14). The van der Waals surface area contributed by atoms with Gasteiger partial charge in [0.1, 0.15) is 5.69 Å². The smallest absolute Gasteiger partial charge is 0.269 e. The number of piperidine rings is 1. The van der Waals surface area contributed by atoms with Crippen LogP contribution < -0.4 is 10.6 Å². The van der Waals surface area contributed by atoms with Gasteiger partial charge in [-0.25, -0.2) is 0 Å². The SMILES string of the molecule is O=C(NCC1CCCNC1)c1ccn[nH]1. The summed E-state index contributed by atoms with van der Waals surface area (Å²) in [5, 5.41) is 12.6. The van der Waals surface area contributed by atoms with Crippen LogP contribution in [0.15, 0.2) is 12.3 Å². The third kappa shape index (κ3) is 2.79. The van der Waals surface area contributed by atoms with Crippen LogP contribution in [0.3, 0.4) is 0 Å². The number of amides is 1. The molecule has 0 aliphatic carbocycles. The van der Waals surface area contributed by atoms with Crippen LogP contribution in [0.25, 0.3) is 0 Å². The van der Waals surface area contributed by atoms with Gasteiger partial charge in [-0.3, -0.25) is 9.89 Å². The van der Waals surface area contributed by atoms with Crippen molar-refractivity contribution in [1.29, 1.82) is 0 Å². The van der Waals surface area contributed by atoms with E-state index in [0.29, 0.717) is 11.6 Å². The summed E-state index contributed by atoms with van der Waals surface area (Å²) in [4.78, 5) is 11.5. The molecule has 1 aliphatic heterocycles. The molecule has 1 fully saturated rings. The Morgan fingerprint density at radius 3 is 3.27 bits per heavy atom. The molecule has 1 atom stereocenters. The van der Waals surface area contributed by atoms with Crippen molar-refractivity contribution in [3.8, 4) is 0 Å². The lowest BCUT2D eigenvalue weighted by Gasteiger charge is -2.22. The van der Waals surface area contributed by atoms with E-state index in [2.05, 4.69) is 20.8 Å². The van der Waals surface area contributed by atoms with E-state index < -0.39 is 0 Å². The van der Waals surface area contributed by atoms with E-state index in [9.17, 15) is 4.79 Å². The van der Waals surface area contributed by atoms with E-state index in [1.54, 1.807) is 12.3 Å². The monoisotopic (exact) mass is 208 g/mol. The fourth-order valence-electron chi connectivity index (χ4n) is 1.81. The van der Waals surface area contributed by atoms with Crippen molar-refractivity contribution in [3.05, 3.63) is 18.0 Å². The van der Waals surface area contributed by atoms with E-state index in [0.717, 1.165) is 19.6 Å². The summed E-state index contributed by atoms with van der Waals surface area (Å²) >= 11 is 0. The molecular formula is C10H16N4O. The second-order valence-corrected chi connectivity index (χ2v) is 3.89. The van der Waals surface area contributed by atoms with Gasteiger partial charge in [-0.15, -0.1) is 0 Å². The van der Waals surface area contributed by atoms with Crippen molar-refractivity contribution in [2.75, 3.05) is 19.6 Å². The van der Waals surface area contributed by atoms with Gasteiger partial charge < -0.3 is 10.6 Å². The minimum atomic E-state index is -0.0712. The number of carbonyl (C=O) groups excluding carboxylic acids is 1. The summed E-state index contributed by atoms with van der Waals surface area (Å²) in [6.07, 6.45) is 3.97. The maximum absolute atomic E-state index is 11.5. The number of aromatic amines is 1. The number of hydrogen-bond donors (Lipinski definition) is 3. The quantitative estimate of drug-likeness (QED) is 0.661. The normalized spacial score (nSPS) is 21.2. The second-order valence-electron chi connectivity index (χ2n) is 3.89. The van der Waals surface area contributed by atoms with Crippen LogP contribution in [0.4, 0.5) is 0 Å². The molecule has 5 heteroatoms. The molecule has 1 aromatic rings. The molecule has 0 radical (unpaired) electrons. The summed E-state index contributed by atoms with van der Waals surface area (Å²) < 4.78 is 0. The molecule has 1 amide bonds. The van der Waals surface area contributed by atoms with Crippen LogP contribution in [0, 0.1) is 5.92 Å². The van der Waals surface area contributed by atoms with Gasteiger partial charge in [0.05, 0.1) is 0 Å². The lowest BCUT2D eigenvalue weighted by molar-refractivity contribution is 0.0940. The molecule has 15 heavy (non-hydrogen) atoms. The van der Waals surface area contributed by atoms with Crippen molar-refractivity contribution in [1.82, 2.24) is 20.8 Å². The highest BCUT2D eigenvalue weighted by Crippen LogP contribution is 2.08. The maximum Gasteiger partial charge on any atom is 0.269 e. The Morgan fingerprint density at radius 1 is 1.67 bits per heavy atom. The van der Waals surface area contributed by atoms with Crippen molar-refractivity contribution in [2.45, 2.75) is 12.8 Å². The predicted octanol–water partition coefficient (Wildman–Crippen LogP) is 0.139. The van der Waals surface area contributed by atoms with Gasteiger partial charge in [0.25, 0.3) is 5.91 Å². The van der Waals surface area contributed by atoms with Crippen LogP contribution in [-0.2, 0) is 0 Å². The molecule has 2 heterocycles. The molecule has 5 nitrogen and oxygen atoms in total. The number of nitrogens with zero attached hydrogens (tertiary/aromatic N) is 1. The third-order valence-corrected chi connectivity index (χ3v) is 2.70. The van der Waals surface area contributed by atoms with Crippen molar-refractivity contribution >= 4 is 5.91 Å². The minimum Gasteiger partial charge on any atom is -0.350 e. The number of aromatic nitrogens is 2. The van der Waals surface area contributed by atoms with Crippen molar-refractivity contribution in [2.24, 2.45) is 5.92 Å². The predicted molar refractivity (Wildman–Crippen MR) is 56.5 cm³/mol. The molecule has 2 rings (SSSR count). The van der Waals surface area contributed by atoms with E-state index in [1.165, 1.54) is 12.8 Å². The number of carbonyl (C=O) groups is 1. The molecule has 0 spiro atoms. The highest BCUT2D eigenvalue weighted by atomic mass is 16.1. The zero-order chi connectivity index (χ0) is 10.5. The fraction of sp³-hybridized carbons (Fsp3) is 0.600. The van der Waals surface area contributed by atoms with E-state index in [-0.39, 0.29) is 5.91 Å². The lowest BCUT2D eigenvalue weighted by Crippen LogP contribution is -2.38. The first-order valence-electron chi connectivity index (χ1n) is 5.34.